The molecule has 7 nitrogen and oxygen atoms in total. The van der Waals surface area contributed by atoms with Crippen molar-refractivity contribution in [3.05, 3.63) is 83.4 Å². The summed E-state index contributed by atoms with van der Waals surface area (Å²) in [7, 11) is 0. The Kier molecular flexibility index (Phi) is 6.06. The Labute approximate surface area is 195 Å². The lowest BCUT2D eigenvalue weighted by atomic mass is 10.1. The number of rotatable bonds is 5. The first-order valence-corrected chi connectivity index (χ1v) is 11.0. The van der Waals surface area contributed by atoms with Crippen LogP contribution in [0.5, 0.6) is 0 Å². The highest BCUT2D eigenvalue weighted by atomic mass is 35.5. The van der Waals surface area contributed by atoms with Gasteiger partial charge in [0.15, 0.2) is 0 Å². The number of para-hydroxylation sites is 1. The Morgan fingerprint density at radius 1 is 0.939 bits per heavy atom. The first-order chi connectivity index (χ1) is 16.2. The van der Waals surface area contributed by atoms with Crippen LogP contribution < -0.4 is 10.2 Å². The molecule has 1 aliphatic heterocycles. The zero-order valence-electron chi connectivity index (χ0n) is 17.7. The second-order valence-electron chi connectivity index (χ2n) is 7.58. The van der Waals surface area contributed by atoms with Gasteiger partial charge in [0.2, 0.25) is 5.82 Å². The molecule has 4 aromatic rings. The molecule has 0 unspecified atom stereocenters. The van der Waals surface area contributed by atoms with Crippen molar-refractivity contribution in [3.8, 4) is 22.8 Å². The van der Waals surface area contributed by atoms with E-state index in [4.69, 9.17) is 20.9 Å². The molecule has 1 saturated heterocycles. The van der Waals surface area contributed by atoms with Crippen molar-refractivity contribution >= 4 is 28.9 Å². The van der Waals surface area contributed by atoms with Gasteiger partial charge in [-0.1, -0.05) is 28.9 Å². The van der Waals surface area contributed by atoms with E-state index in [-0.39, 0.29) is 5.91 Å². The molecule has 1 aliphatic rings. The Balaban J connectivity index is 1.34. The molecule has 1 N–H and O–H groups in total. The van der Waals surface area contributed by atoms with Crippen LogP contribution in [0, 0.1) is 0 Å². The summed E-state index contributed by atoms with van der Waals surface area (Å²) in [5.74, 6) is 0.549. The van der Waals surface area contributed by atoms with Gasteiger partial charge in [0.05, 0.1) is 24.5 Å². The van der Waals surface area contributed by atoms with Crippen molar-refractivity contribution in [1.29, 1.82) is 0 Å². The lowest BCUT2D eigenvalue weighted by Crippen LogP contribution is -2.36. The lowest BCUT2D eigenvalue weighted by Gasteiger charge is -2.28. The molecule has 0 atom stereocenters. The van der Waals surface area contributed by atoms with Gasteiger partial charge < -0.3 is 19.5 Å². The molecule has 166 valence electrons. The van der Waals surface area contributed by atoms with Crippen LogP contribution in [0.2, 0.25) is 5.02 Å². The number of benzene rings is 3. The molecule has 0 aliphatic carbocycles. The van der Waals surface area contributed by atoms with Crippen LogP contribution in [0.3, 0.4) is 0 Å². The maximum atomic E-state index is 12.9. The van der Waals surface area contributed by atoms with E-state index in [1.54, 1.807) is 12.1 Å². The van der Waals surface area contributed by atoms with Crippen molar-refractivity contribution in [1.82, 2.24) is 10.1 Å². The van der Waals surface area contributed by atoms with Crippen LogP contribution in [0.1, 0.15) is 10.4 Å². The number of amides is 1. The molecule has 0 bridgehead atoms. The monoisotopic (exact) mass is 460 g/mol. The third-order valence-corrected chi connectivity index (χ3v) is 5.69. The molecule has 0 radical (unpaired) electrons. The number of hydrogen-bond acceptors (Lipinski definition) is 6. The predicted molar refractivity (Wildman–Crippen MR) is 128 cm³/mol. The molecule has 5 rings (SSSR count). The van der Waals surface area contributed by atoms with Crippen LogP contribution in [0.15, 0.2) is 77.3 Å². The Bertz CT molecular complexity index is 1250. The number of carbonyl (C=O) groups is 1. The van der Waals surface area contributed by atoms with E-state index in [1.807, 2.05) is 60.7 Å². The van der Waals surface area contributed by atoms with E-state index in [0.717, 1.165) is 24.3 Å². The number of hydrogen-bond donors (Lipinski definition) is 1. The van der Waals surface area contributed by atoms with Gasteiger partial charge in [-0.25, -0.2) is 0 Å². The summed E-state index contributed by atoms with van der Waals surface area (Å²) >= 11 is 5.96. The van der Waals surface area contributed by atoms with E-state index in [9.17, 15) is 4.79 Å². The average molecular weight is 461 g/mol. The number of ether oxygens (including phenoxy) is 1. The molecular formula is C25H21ClN4O3. The van der Waals surface area contributed by atoms with Crippen molar-refractivity contribution in [2.24, 2.45) is 0 Å². The van der Waals surface area contributed by atoms with Gasteiger partial charge in [0, 0.05) is 34.9 Å². The van der Waals surface area contributed by atoms with Crippen molar-refractivity contribution in [2.45, 2.75) is 0 Å². The standard InChI is InChI=1S/C25H21ClN4O3/c26-19-9-5-17(6-10-19)23-28-25(33-29-23)21-3-1-2-4-22(21)27-24(31)18-7-11-20(12-8-18)30-13-15-32-16-14-30/h1-12H,13-16H2,(H,27,31). The molecule has 1 amide bonds. The summed E-state index contributed by atoms with van der Waals surface area (Å²) in [6.07, 6.45) is 0. The van der Waals surface area contributed by atoms with Crippen LogP contribution in [-0.4, -0.2) is 42.4 Å². The topological polar surface area (TPSA) is 80.5 Å². The smallest absolute Gasteiger partial charge is 0.260 e. The molecular weight excluding hydrogens is 440 g/mol. The van der Waals surface area contributed by atoms with E-state index in [0.29, 0.717) is 46.8 Å². The molecule has 3 aromatic carbocycles. The first kappa shape index (κ1) is 21.2. The van der Waals surface area contributed by atoms with E-state index < -0.39 is 0 Å². The van der Waals surface area contributed by atoms with Gasteiger partial charge in [-0.2, -0.15) is 4.98 Å². The largest absolute Gasteiger partial charge is 0.378 e. The summed E-state index contributed by atoms with van der Waals surface area (Å²) in [4.78, 5) is 19.7. The minimum Gasteiger partial charge on any atom is -0.378 e. The molecule has 1 aromatic heterocycles. The summed E-state index contributed by atoms with van der Waals surface area (Å²) in [6, 6.07) is 22.1. The van der Waals surface area contributed by atoms with Crippen LogP contribution in [0.25, 0.3) is 22.8 Å². The summed E-state index contributed by atoms with van der Waals surface area (Å²) < 4.78 is 10.9. The van der Waals surface area contributed by atoms with Gasteiger partial charge in [-0.3, -0.25) is 4.79 Å². The summed E-state index contributed by atoms with van der Waals surface area (Å²) in [5.41, 5.74) is 3.66. The van der Waals surface area contributed by atoms with E-state index in [2.05, 4.69) is 20.4 Å². The fourth-order valence-corrected chi connectivity index (χ4v) is 3.79. The SMILES string of the molecule is O=C(Nc1ccccc1-c1nc(-c2ccc(Cl)cc2)no1)c1ccc(N2CCOCC2)cc1. The fourth-order valence-electron chi connectivity index (χ4n) is 3.67. The zero-order valence-corrected chi connectivity index (χ0v) is 18.5. The number of nitrogens with zero attached hydrogens (tertiary/aromatic N) is 3. The zero-order chi connectivity index (χ0) is 22.6. The molecule has 2 heterocycles. The lowest BCUT2D eigenvalue weighted by molar-refractivity contribution is 0.102. The minimum atomic E-state index is -0.214. The highest BCUT2D eigenvalue weighted by Crippen LogP contribution is 2.29. The average Bonchev–Trinajstić information content (AvgIpc) is 3.35. The normalized spacial score (nSPS) is 13.7. The number of morpholine rings is 1. The number of anilines is 2. The molecule has 8 heteroatoms. The van der Waals surface area contributed by atoms with Gasteiger partial charge in [-0.15, -0.1) is 0 Å². The van der Waals surface area contributed by atoms with E-state index >= 15 is 0 Å². The van der Waals surface area contributed by atoms with Gasteiger partial charge in [-0.05, 0) is 60.7 Å². The second-order valence-corrected chi connectivity index (χ2v) is 8.01. The third kappa shape index (κ3) is 4.74. The van der Waals surface area contributed by atoms with Crippen LogP contribution in [0.4, 0.5) is 11.4 Å². The van der Waals surface area contributed by atoms with Crippen molar-refractivity contribution in [2.75, 3.05) is 36.5 Å². The Morgan fingerprint density at radius 3 is 2.42 bits per heavy atom. The molecule has 0 spiro atoms. The van der Waals surface area contributed by atoms with Crippen molar-refractivity contribution < 1.29 is 14.1 Å². The van der Waals surface area contributed by atoms with Gasteiger partial charge in [0.25, 0.3) is 11.8 Å². The number of nitrogens with one attached hydrogen (secondary N) is 1. The summed E-state index contributed by atoms with van der Waals surface area (Å²) in [6.45, 7) is 3.13. The highest BCUT2D eigenvalue weighted by molar-refractivity contribution is 6.30. The minimum absolute atomic E-state index is 0.214. The summed E-state index contributed by atoms with van der Waals surface area (Å²) in [5, 5.41) is 7.67. The predicted octanol–water partition coefficient (Wildman–Crippen LogP) is 5.15. The second kappa shape index (κ2) is 9.44. The maximum absolute atomic E-state index is 12.9. The number of aromatic nitrogens is 2. The Morgan fingerprint density at radius 2 is 1.67 bits per heavy atom. The van der Waals surface area contributed by atoms with Crippen LogP contribution >= 0.6 is 11.6 Å². The van der Waals surface area contributed by atoms with Crippen molar-refractivity contribution in [3.63, 3.8) is 0 Å². The fraction of sp³-hybridized carbons (Fsp3) is 0.160. The van der Waals surface area contributed by atoms with E-state index in [1.165, 1.54) is 0 Å². The molecule has 1 fully saturated rings. The molecule has 33 heavy (non-hydrogen) atoms. The maximum Gasteiger partial charge on any atom is 0.260 e. The highest BCUT2D eigenvalue weighted by Gasteiger charge is 2.17. The Hall–Kier alpha value is -3.68. The van der Waals surface area contributed by atoms with Gasteiger partial charge in [0.1, 0.15) is 0 Å². The third-order valence-electron chi connectivity index (χ3n) is 5.44. The van der Waals surface area contributed by atoms with Crippen LogP contribution in [-0.2, 0) is 4.74 Å². The quantitative estimate of drug-likeness (QED) is 0.444. The number of halogens is 1. The first-order valence-electron chi connectivity index (χ1n) is 10.6. The number of carbonyl (C=O) groups excluding carboxylic acids is 1. The van der Waals surface area contributed by atoms with Gasteiger partial charge >= 0.3 is 0 Å². The molecule has 0 saturated carbocycles.